The molecule has 0 atom stereocenters. The molecule has 5 nitrogen and oxygen atoms in total. The Kier molecular flexibility index (Phi) is 4.49. The van der Waals surface area contributed by atoms with Gasteiger partial charge in [-0.2, -0.15) is 0 Å². The number of aryl methyl sites for hydroxylation is 1. The van der Waals surface area contributed by atoms with Crippen LogP contribution in [0.4, 0.5) is 0 Å². The Morgan fingerprint density at radius 3 is 2.67 bits per heavy atom. The van der Waals surface area contributed by atoms with Gasteiger partial charge in [-0.25, -0.2) is 4.98 Å². The van der Waals surface area contributed by atoms with Gasteiger partial charge in [-0.05, 0) is 45.0 Å². The van der Waals surface area contributed by atoms with E-state index in [0.717, 1.165) is 4.88 Å². The quantitative estimate of drug-likeness (QED) is 0.791. The zero-order valence-corrected chi connectivity index (χ0v) is 14.7. The van der Waals surface area contributed by atoms with Crippen LogP contribution < -0.4 is 5.56 Å². The maximum Gasteiger partial charge on any atom is 0.264 e. The van der Waals surface area contributed by atoms with Crippen LogP contribution in [-0.2, 0) is 6.54 Å². The van der Waals surface area contributed by atoms with Gasteiger partial charge in [0.2, 0.25) is 0 Å². The summed E-state index contributed by atoms with van der Waals surface area (Å²) in [7, 11) is 0. The van der Waals surface area contributed by atoms with Gasteiger partial charge in [-0.3, -0.25) is 9.59 Å². The average molecular weight is 341 g/mol. The fourth-order valence-electron chi connectivity index (χ4n) is 2.55. The molecular formula is C18H19N3O2S. The normalized spacial score (nSPS) is 11.2. The van der Waals surface area contributed by atoms with Gasteiger partial charge in [0.15, 0.2) is 0 Å². The maximum atomic E-state index is 12.8. The minimum Gasteiger partial charge on any atom is -0.328 e. The van der Waals surface area contributed by atoms with Crippen molar-refractivity contribution in [3.63, 3.8) is 0 Å². The number of nitrogens with one attached hydrogen (secondary N) is 1. The second kappa shape index (κ2) is 6.57. The first kappa shape index (κ1) is 16.4. The number of aromatic nitrogens is 2. The molecule has 0 aliphatic rings. The van der Waals surface area contributed by atoms with Crippen molar-refractivity contribution < 1.29 is 4.79 Å². The minimum absolute atomic E-state index is 0.00308. The van der Waals surface area contributed by atoms with Crippen LogP contribution in [0.15, 0.2) is 41.2 Å². The van der Waals surface area contributed by atoms with Crippen LogP contribution in [0.3, 0.4) is 0 Å². The summed E-state index contributed by atoms with van der Waals surface area (Å²) in [5, 5.41) is 0.553. The molecule has 1 amide bonds. The van der Waals surface area contributed by atoms with Crippen molar-refractivity contribution in [1.82, 2.24) is 14.9 Å². The van der Waals surface area contributed by atoms with Gasteiger partial charge < -0.3 is 9.88 Å². The lowest BCUT2D eigenvalue weighted by molar-refractivity contribution is 0.0690. The predicted octanol–water partition coefficient (Wildman–Crippen LogP) is 3.34. The first-order chi connectivity index (χ1) is 11.5. The summed E-state index contributed by atoms with van der Waals surface area (Å²) in [6.07, 6.45) is 0. The molecule has 6 heteroatoms. The van der Waals surface area contributed by atoms with Crippen LogP contribution in [0, 0.1) is 6.92 Å². The maximum absolute atomic E-state index is 12.8. The molecule has 0 fully saturated rings. The Hall–Kier alpha value is -2.47. The van der Waals surface area contributed by atoms with E-state index in [9.17, 15) is 9.59 Å². The number of hydrogen-bond donors (Lipinski definition) is 1. The van der Waals surface area contributed by atoms with Gasteiger partial charge in [0, 0.05) is 10.9 Å². The van der Waals surface area contributed by atoms with E-state index < -0.39 is 0 Å². The average Bonchev–Trinajstić information content (AvgIpc) is 2.98. The van der Waals surface area contributed by atoms with E-state index >= 15 is 0 Å². The number of H-pyrrole nitrogens is 1. The van der Waals surface area contributed by atoms with E-state index in [0.29, 0.717) is 21.6 Å². The molecule has 1 aromatic carbocycles. The summed E-state index contributed by atoms with van der Waals surface area (Å²) in [6.45, 7) is 6.16. The van der Waals surface area contributed by atoms with Crippen molar-refractivity contribution in [3.05, 3.63) is 62.3 Å². The van der Waals surface area contributed by atoms with Crippen LogP contribution in [0.5, 0.6) is 0 Å². The van der Waals surface area contributed by atoms with Gasteiger partial charge in [-0.15, -0.1) is 11.3 Å². The number of carbonyl (C=O) groups is 1. The highest BCUT2D eigenvalue weighted by Crippen LogP contribution is 2.19. The predicted molar refractivity (Wildman–Crippen MR) is 96.4 cm³/mol. The van der Waals surface area contributed by atoms with Crippen LogP contribution in [0.2, 0.25) is 0 Å². The second-order valence-corrected chi connectivity index (χ2v) is 7.25. The molecule has 0 aliphatic carbocycles. The summed E-state index contributed by atoms with van der Waals surface area (Å²) in [5.74, 6) is 0.452. The fraction of sp³-hybridized carbons (Fsp3) is 0.278. The highest BCUT2D eigenvalue weighted by molar-refractivity contribution is 7.13. The lowest BCUT2D eigenvalue weighted by Crippen LogP contribution is -2.37. The Bertz CT molecular complexity index is 943. The Balaban J connectivity index is 1.94. The summed E-state index contributed by atoms with van der Waals surface area (Å²) in [5.41, 5.74) is 0.457. The topological polar surface area (TPSA) is 66.1 Å². The molecule has 3 aromatic rings. The number of hydrogen-bond acceptors (Lipinski definition) is 4. The number of thiophene rings is 1. The van der Waals surface area contributed by atoms with Crippen LogP contribution >= 0.6 is 11.3 Å². The molecule has 0 saturated heterocycles. The third-order valence-electron chi connectivity index (χ3n) is 3.82. The molecule has 1 N–H and O–H groups in total. The van der Waals surface area contributed by atoms with Gasteiger partial charge in [0.1, 0.15) is 5.82 Å². The van der Waals surface area contributed by atoms with Crippen molar-refractivity contribution >= 4 is 28.1 Å². The number of carbonyl (C=O) groups excluding carboxylic acids is 1. The van der Waals surface area contributed by atoms with E-state index in [2.05, 4.69) is 9.97 Å². The lowest BCUT2D eigenvalue weighted by Gasteiger charge is -2.25. The molecule has 0 saturated carbocycles. The van der Waals surface area contributed by atoms with E-state index in [1.54, 1.807) is 17.0 Å². The van der Waals surface area contributed by atoms with E-state index in [4.69, 9.17) is 0 Å². The monoisotopic (exact) mass is 341 g/mol. The molecule has 0 unspecified atom stereocenters. The molecular weight excluding hydrogens is 322 g/mol. The summed E-state index contributed by atoms with van der Waals surface area (Å²) in [4.78, 5) is 35.8. The Morgan fingerprint density at radius 1 is 1.25 bits per heavy atom. The van der Waals surface area contributed by atoms with Crippen molar-refractivity contribution in [1.29, 1.82) is 0 Å². The number of rotatable bonds is 4. The fourth-order valence-corrected chi connectivity index (χ4v) is 3.37. The minimum atomic E-state index is -0.182. The van der Waals surface area contributed by atoms with Crippen LogP contribution in [0.25, 0.3) is 10.9 Å². The van der Waals surface area contributed by atoms with Crippen LogP contribution in [-0.4, -0.2) is 26.8 Å². The Labute approximate surface area is 144 Å². The first-order valence-electron chi connectivity index (χ1n) is 7.81. The lowest BCUT2D eigenvalue weighted by atomic mass is 10.2. The molecule has 0 bridgehead atoms. The second-order valence-electron chi connectivity index (χ2n) is 5.97. The van der Waals surface area contributed by atoms with E-state index in [1.807, 2.05) is 45.0 Å². The molecule has 2 heterocycles. The Morgan fingerprint density at radius 2 is 2.00 bits per heavy atom. The summed E-state index contributed by atoms with van der Waals surface area (Å²) < 4.78 is 0. The SMILES string of the molecule is Cc1ccc(C(=O)N(Cc2nc3ccccc3c(=O)[nH]2)C(C)C)s1. The summed E-state index contributed by atoms with van der Waals surface area (Å²) >= 11 is 1.47. The molecule has 0 radical (unpaired) electrons. The van der Waals surface area contributed by atoms with Crippen LogP contribution in [0.1, 0.15) is 34.2 Å². The standard InChI is InChI=1S/C18H19N3O2S/c1-11(2)21(18(23)15-9-8-12(3)24-15)10-16-19-14-7-5-4-6-13(14)17(22)20-16/h4-9,11H,10H2,1-3H3,(H,19,20,22). The summed E-state index contributed by atoms with van der Waals surface area (Å²) in [6, 6.07) is 11.0. The van der Waals surface area contributed by atoms with Crippen molar-refractivity contribution in [3.8, 4) is 0 Å². The van der Waals surface area contributed by atoms with Gasteiger partial charge >= 0.3 is 0 Å². The van der Waals surface area contributed by atoms with Crippen molar-refractivity contribution in [2.75, 3.05) is 0 Å². The first-order valence-corrected chi connectivity index (χ1v) is 8.62. The van der Waals surface area contributed by atoms with Gasteiger partial charge in [-0.1, -0.05) is 12.1 Å². The zero-order valence-electron chi connectivity index (χ0n) is 13.9. The number of para-hydroxylation sites is 1. The molecule has 3 rings (SSSR count). The highest BCUT2D eigenvalue weighted by Gasteiger charge is 2.21. The third kappa shape index (κ3) is 3.23. The molecule has 0 aliphatic heterocycles. The number of amides is 1. The van der Waals surface area contributed by atoms with E-state index in [-0.39, 0.29) is 24.1 Å². The van der Waals surface area contributed by atoms with Gasteiger partial charge in [0.05, 0.1) is 22.3 Å². The molecule has 24 heavy (non-hydrogen) atoms. The number of nitrogens with zero attached hydrogens (tertiary/aromatic N) is 2. The van der Waals surface area contributed by atoms with Crippen molar-refractivity contribution in [2.45, 2.75) is 33.4 Å². The molecule has 2 aromatic heterocycles. The largest absolute Gasteiger partial charge is 0.328 e. The third-order valence-corrected chi connectivity index (χ3v) is 4.81. The molecule has 0 spiro atoms. The number of fused-ring (bicyclic) bond motifs is 1. The van der Waals surface area contributed by atoms with E-state index in [1.165, 1.54) is 11.3 Å². The van der Waals surface area contributed by atoms with Crippen molar-refractivity contribution in [2.24, 2.45) is 0 Å². The number of benzene rings is 1. The number of aromatic amines is 1. The molecule has 124 valence electrons. The van der Waals surface area contributed by atoms with Gasteiger partial charge in [0.25, 0.3) is 11.5 Å². The smallest absolute Gasteiger partial charge is 0.264 e. The zero-order chi connectivity index (χ0) is 17.3. The highest BCUT2D eigenvalue weighted by atomic mass is 32.1.